The molecule has 0 radical (unpaired) electrons. The zero-order valence-electron chi connectivity index (χ0n) is 15.7. The van der Waals surface area contributed by atoms with Crippen LogP contribution in [0.25, 0.3) is 0 Å². The van der Waals surface area contributed by atoms with Crippen molar-refractivity contribution in [2.24, 2.45) is 5.92 Å². The maximum Gasteiger partial charge on any atom is 0.227 e. The summed E-state index contributed by atoms with van der Waals surface area (Å²) >= 11 is 0. The van der Waals surface area contributed by atoms with Crippen LogP contribution in [0.5, 0.6) is 0 Å². The first-order chi connectivity index (χ1) is 12.7. The minimum Gasteiger partial charge on any atom is -0.342 e. The van der Waals surface area contributed by atoms with Gasteiger partial charge in [0.1, 0.15) is 0 Å². The lowest BCUT2D eigenvalue weighted by Gasteiger charge is -2.41. The quantitative estimate of drug-likeness (QED) is 0.832. The number of piperidine rings is 1. The summed E-state index contributed by atoms with van der Waals surface area (Å²) in [5.41, 5.74) is 2.95. The molecular weight excluding hydrogens is 326 g/mol. The Morgan fingerprint density at radius 1 is 1.12 bits per heavy atom. The first-order valence-electron chi connectivity index (χ1n) is 10.0. The Morgan fingerprint density at radius 3 is 2.54 bits per heavy atom. The van der Waals surface area contributed by atoms with Crippen molar-refractivity contribution in [2.75, 3.05) is 32.7 Å². The standard InChI is InChI=1S/C21H29N3O2/c1-2-22-15-18(13-20(22)25)21(26)23-11-8-19(9-12-23)24-10-7-16-5-3-4-6-17(16)14-24/h3-6,18-19H,2,7-15H2,1H3/t18-/m1/s1. The summed E-state index contributed by atoms with van der Waals surface area (Å²) in [4.78, 5) is 31.1. The minimum atomic E-state index is -0.124. The minimum absolute atomic E-state index is 0.124. The highest BCUT2D eigenvalue weighted by Gasteiger charge is 2.37. The van der Waals surface area contributed by atoms with Gasteiger partial charge in [0.2, 0.25) is 11.8 Å². The van der Waals surface area contributed by atoms with Crippen LogP contribution in [0.3, 0.4) is 0 Å². The molecule has 4 rings (SSSR count). The maximum absolute atomic E-state index is 12.8. The van der Waals surface area contributed by atoms with E-state index in [-0.39, 0.29) is 17.7 Å². The molecule has 5 nitrogen and oxygen atoms in total. The molecule has 26 heavy (non-hydrogen) atoms. The molecule has 2 saturated heterocycles. The molecule has 3 heterocycles. The molecule has 0 aliphatic carbocycles. The fourth-order valence-corrected chi connectivity index (χ4v) is 4.78. The van der Waals surface area contributed by atoms with Gasteiger partial charge in [-0.25, -0.2) is 0 Å². The zero-order chi connectivity index (χ0) is 18.1. The monoisotopic (exact) mass is 355 g/mol. The van der Waals surface area contributed by atoms with E-state index >= 15 is 0 Å². The summed E-state index contributed by atoms with van der Waals surface area (Å²) in [7, 11) is 0. The predicted octanol–water partition coefficient (Wildman–Crippen LogP) is 1.90. The average Bonchev–Trinajstić information content (AvgIpc) is 3.08. The summed E-state index contributed by atoms with van der Waals surface area (Å²) in [6.45, 7) is 7.12. The van der Waals surface area contributed by atoms with Crippen LogP contribution in [0.1, 0.15) is 37.3 Å². The molecule has 0 aromatic heterocycles. The smallest absolute Gasteiger partial charge is 0.227 e. The normalized spacial score (nSPS) is 24.8. The van der Waals surface area contributed by atoms with Crippen molar-refractivity contribution in [3.63, 3.8) is 0 Å². The number of rotatable bonds is 3. The van der Waals surface area contributed by atoms with Gasteiger partial charge in [0.25, 0.3) is 0 Å². The van der Waals surface area contributed by atoms with Crippen molar-refractivity contribution >= 4 is 11.8 Å². The molecule has 140 valence electrons. The number of hydrogen-bond donors (Lipinski definition) is 0. The van der Waals surface area contributed by atoms with Crippen LogP contribution in [0.4, 0.5) is 0 Å². The van der Waals surface area contributed by atoms with Gasteiger partial charge in [-0.05, 0) is 37.3 Å². The molecule has 2 fully saturated rings. The molecule has 0 bridgehead atoms. The lowest BCUT2D eigenvalue weighted by Crippen LogP contribution is -2.49. The highest BCUT2D eigenvalue weighted by Crippen LogP contribution is 2.27. The number of benzene rings is 1. The summed E-state index contributed by atoms with van der Waals surface area (Å²) in [5.74, 6) is 0.199. The third kappa shape index (κ3) is 3.37. The number of nitrogens with zero attached hydrogens (tertiary/aromatic N) is 3. The van der Waals surface area contributed by atoms with Gasteiger partial charge in [-0.1, -0.05) is 24.3 Å². The Balaban J connectivity index is 1.31. The van der Waals surface area contributed by atoms with E-state index < -0.39 is 0 Å². The molecule has 1 atom stereocenters. The molecule has 3 aliphatic heterocycles. The molecule has 5 heteroatoms. The highest BCUT2D eigenvalue weighted by atomic mass is 16.2. The van der Waals surface area contributed by atoms with Crippen molar-refractivity contribution in [1.82, 2.24) is 14.7 Å². The molecule has 0 saturated carbocycles. The number of amides is 2. The Kier molecular flexibility index (Phi) is 4.98. The highest BCUT2D eigenvalue weighted by molar-refractivity contribution is 5.89. The van der Waals surface area contributed by atoms with Gasteiger partial charge >= 0.3 is 0 Å². The lowest BCUT2D eigenvalue weighted by molar-refractivity contribution is -0.137. The van der Waals surface area contributed by atoms with Crippen LogP contribution in [0.15, 0.2) is 24.3 Å². The Morgan fingerprint density at radius 2 is 1.85 bits per heavy atom. The zero-order valence-corrected chi connectivity index (χ0v) is 15.7. The van der Waals surface area contributed by atoms with Crippen molar-refractivity contribution in [3.05, 3.63) is 35.4 Å². The van der Waals surface area contributed by atoms with Gasteiger partial charge < -0.3 is 9.80 Å². The second-order valence-electron chi connectivity index (χ2n) is 7.88. The number of hydrogen-bond acceptors (Lipinski definition) is 3. The van der Waals surface area contributed by atoms with E-state index in [9.17, 15) is 9.59 Å². The third-order valence-corrected chi connectivity index (χ3v) is 6.40. The largest absolute Gasteiger partial charge is 0.342 e. The van der Waals surface area contributed by atoms with Gasteiger partial charge in [0.05, 0.1) is 5.92 Å². The molecule has 0 spiro atoms. The van der Waals surface area contributed by atoms with E-state index in [1.807, 2.05) is 11.8 Å². The number of carbonyl (C=O) groups excluding carboxylic acids is 2. The molecule has 1 aromatic carbocycles. The van der Waals surface area contributed by atoms with Gasteiger partial charge in [-0.3, -0.25) is 14.5 Å². The lowest BCUT2D eigenvalue weighted by atomic mass is 9.95. The summed E-state index contributed by atoms with van der Waals surface area (Å²) in [6.07, 6.45) is 3.62. The second kappa shape index (κ2) is 7.39. The van der Waals surface area contributed by atoms with Crippen LogP contribution in [0.2, 0.25) is 0 Å². The van der Waals surface area contributed by atoms with Gasteiger partial charge in [-0.2, -0.15) is 0 Å². The molecule has 0 N–H and O–H groups in total. The van der Waals surface area contributed by atoms with Gasteiger partial charge in [0, 0.05) is 51.7 Å². The number of fused-ring (bicyclic) bond motifs is 1. The Bertz CT molecular complexity index is 682. The average molecular weight is 355 g/mol. The van der Waals surface area contributed by atoms with Crippen LogP contribution < -0.4 is 0 Å². The van der Waals surface area contributed by atoms with Gasteiger partial charge in [-0.15, -0.1) is 0 Å². The molecule has 1 aromatic rings. The summed E-state index contributed by atoms with van der Waals surface area (Å²) in [6, 6.07) is 9.33. The van der Waals surface area contributed by atoms with E-state index in [0.717, 1.165) is 45.4 Å². The summed E-state index contributed by atoms with van der Waals surface area (Å²) < 4.78 is 0. The Labute approximate surface area is 155 Å². The molecular formula is C21H29N3O2. The van der Waals surface area contributed by atoms with Crippen molar-refractivity contribution in [3.8, 4) is 0 Å². The Hall–Kier alpha value is -1.88. The molecule has 0 unspecified atom stereocenters. The first kappa shape index (κ1) is 17.5. The van der Waals surface area contributed by atoms with Crippen LogP contribution in [-0.2, 0) is 22.6 Å². The number of likely N-dealkylation sites (tertiary alicyclic amines) is 2. The first-order valence-corrected chi connectivity index (χ1v) is 10.0. The predicted molar refractivity (Wildman–Crippen MR) is 101 cm³/mol. The molecule has 2 amide bonds. The SMILES string of the molecule is CCN1C[C@H](C(=O)N2CCC(N3CCc4ccccc4C3)CC2)CC1=O. The van der Waals surface area contributed by atoms with E-state index in [0.29, 0.717) is 25.6 Å². The topological polar surface area (TPSA) is 43.9 Å². The van der Waals surface area contributed by atoms with Crippen molar-refractivity contribution < 1.29 is 9.59 Å². The van der Waals surface area contributed by atoms with Gasteiger partial charge in [0.15, 0.2) is 0 Å². The van der Waals surface area contributed by atoms with E-state index in [1.165, 1.54) is 11.1 Å². The van der Waals surface area contributed by atoms with E-state index in [4.69, 9.17) is 0 Å². The fraction of sp³-hybridized carbons (Fsp3) is 0.619. The maximum atomic E-state index is 12.8. The van der Waals surface area contributed by atoms with E-state index in [2.05, 4.69) is 29.2 Å². The summed E-state index contributed by atoms with van der Waals surface area (Å²) in [5, 5.41) is 0. The van der Waals surface area contributed by atoms with Crippen LogP contribution in [0, 0.1) is 5.92 Å². The number of carbonyl (C=O) groups is 2. The second-order valence-corrected chi connectivity index (χ2v) is 7.88. The fourth-order valence-electron chi connectivity index (χ4n) is 4.78. The van der Waals surface area contributed by atoms with E-state index in [1.54, 1.807) is 4.90 Å². The third-order valence-electron chi connectivity index (χ3n) is 6.40. The molecule has 3 aliphatic rings. The van der Waals surface area contributed by atoms with Crippen LogP contribution in [-0.4, -0.2) is 65.3 Å². The van der Waals surface area contributed by atoms with Crippen molar-refractivity contribution in [2.45, 2.75) is 45.2 Å². The van der Waals surface area contributed by atoms with Crippen LogP contribution >= 0.6 is 0 Å². The van der Waals surface area contributed by atoms with Crippen molar-refractivity contribution in [1.29, 1.82) is 0 Å².